The molecule has 0 aliphatic rings. The maximum atomic E-state index is 11.4. The van der Waals surface area contributed by atoms with Crippen LogP contribution in [0.3, 0.4) is 0 Å². The molecule has 2 N–H and O–H groups in total. The maximum absolute atomic E-state index is 11.4. The van der Waals surface area contributed by atoms with Gasteiger partial charge in [-0.1, -0.05) is 0 Å². The second kappa shape index (κ2) is 7.81. The molecule has 0 saturated heterocycles. The highest BCUT2D eigenvalue weighted by molar-refractivity contribution is 8.00. The largest absolute Gasteiger partial charge is 0.481 e. The van der Waals surface area contributed by atoms with E-state index >= 15 is 0 Å². The first-order valence-corrected chi connectivity index (χ1v) is 6.84. The van der Waals surface area contributed by atoms with Crippen molar-refractivity contribution in [1.29, 1.82) is 0 Å². The number of carbonyl (C=O) groups excluding carboxylic acids is 1. The molecule has 0 fully saturated rings. The van der Waals surface area contributed by atoms with Gasteiger partial charge in [0.1, 0.15) is 5.76 Å². The number of carbonyl (C=O) groups is 2. The normalized spacial score (nSPS) is 12.1. The molecule has 1 unspecified atom stereocenters. The van der Waals surface area contributed by atoms with E-state index in [2.05, 4.69) is 5.32 Å². The topological polar surface area (TPSA) is 79.5 Å². The Bertz CT molecular complexity index is 377. The smallest absolute Gasteiger partial charge is 0.313 e. The molecule has 1 aromatic rings. The number of rotatable bonds is 8. The molecule has 5 nitrogen and oxygen atoms in total. The summed E-state index contributed by atoms with van der Waals surface area (Å²) < 4.78 is 5.20. The quantitative estimate of drug-likeness (QED) is 0.749. The molecule has 1 atom stereocenters. The van der Waals surface area contributed by atoms with Gasteiger partial charge in [-0.25, -0.2) is 0 Å². The number of nitrogens with one attached hydrogen (secondary N) is 1. The van der Waals surface area contributed by atoms with Crippen LogP contribution in [-0.2, 0) is 16.0 Å². The van der Waals surface area contributed by atoms with Crippen LogP contribution < -0.4 is 5.32 Å². The van der Waals surface area contributed by atoms with E-state index in [-0.39, 0.29) is 23.5 Å². The van der Waals surface area contributed by atoms with Gasteiger partial charge in [0.15, 0.2) is 0 Å². The molecule has 1 rings (SSSR count). The molecule has 1 aromatic heterocycles. The van der Waals surface area contributed by atoms with Gasteiger partial charge < -0.3 is 14.8 Å². The first-order chi connectivity index (χ1) is 8.58. The molecule has 18 heavy (non-hydrogen) atoms. The van der Waals surface area contributed by atoms with Gasteiger partial charge >= 0.3 is 5.97 Å². The lowest BCUT2D eigenvalue weighted by Crippen LogP contribution is -2.34. The van der Waals surface area contributed by atoms with Crippen molar-refractivity contribution >= 4 is 23.6 Å². The van der Waals surface area contributed by atoms with E-state index in [9.17, 15) is 9.59 Å². The number of carboxylic acids is 1. The molecule has 0 spiro atoms. The third kappa shape index (κ3) is 6.34. The van der Waals surface area contributed by atoms with Crippen molar-refractivity contribution in [3.8, 4) is 0 Å². The van der Waals surface area contributed by atoms with Crippen LogP contribution in [0.5, 0.6) is 0 Å². The number of aliphatic carboxylic acids is 1. The van der Waals surface area contributed by atoms with Crippen molar-refractivity contribution in [2.24, 2.45) is 0 Å². The molecular formula is C12H17NO4S. The Labute approximate surface area is 110 Å². The van der Waals surface area contributed by atoms with E-state index < -0.39 is 5.97 Å². The fourth-order valence-electron chi connectivity index (χ4n) is 1.43. The lowest BCUT2D eigenvalue weighted by Gasteiger charge is -2.12. The Hall–Kier alpha value is -1.43. The summed E-state index contributed by atoms with van der Waals surface area (Å²) in [6.45, 7) is 1.92. The van der Waals surface area contributed by atoms with Gasteiger partial charge in [0.25, 0.3) is 0 Å². The van der Waals surface area contributed by atoms with Crippen molar-refractivity contribution in [1.82, 2.24) is 5.32 Å². The van der Waals surface area contributed by atoms with Crippen LogP contribution >= 0.6 is 11.8 Å². The highest BCUT2D eigenvalue weighted by Crippen LogP contribution is 2.06. The molecule has 100 valence electrons. The van der Waals surface area contributed by atoms with Crippen molar-refractivity contribution < 1.29 is 19.1 Å². The van der Waals surface area contributed by atoms with Crippen LogP contribution in [-0.4, -0.2) is 34.5 Å². The minimum absolute atomic E-state index is 0.0474. The summed E-state index contributed by atoms with van der Waals surface area (Å²) in [4.78, 5) is 21.7. The highest BCUT2D eigenvalue weighted by Gasteiger charge is 2.09. The molecule has 0 bridgehead atoms. The van der Waals surface area contributed by atoms with Gasteiger partial charge in [0.05, 0.1) is 17.8 Å². The summed E-state index contributed by atoms with van der Waals surface area (Å²) in [7, 11) is 0. The third-order valence-corrected chi connectivity index (χ3v) is 3.19. The second-order valence-electron chi connectivity index (χ2n) is 3.97. The van der Waals surface area contributed by atoms with E-state index in [4.69, 9.17) is 9.52 Å². The zero-order valence-corrected chi connectivity index (χ0v) is 11.0. The Kier molecular flexibility index (Phi) is 6.35. The van der Waals surface area contributed by atoms with Gasteiger partial charge in [0.2, 0.25) is 5.91 Å². The van der Waals surface area contributed by atoms with Crippen LogP contribution in [0.1, 0.15) is 19.1 Å². The molecule has 0 radical (unpaired) electrons. The Morgan fingerprint density at radius 3 is 2.89 bits per heavy atom. The average molecular weight is 271 g/mol. The first-order valence-electron chi connectivity index (χ1n) is 5.69. The molecule has 1 heterocycles. The van der Waals surface area contributed by atoms with Crippen LogP contribution in [0.2, 0.25) is 0 Å². The van der Waals surface area contributed by atoms with Crippen LogP contribution in [0.15, 0.2) is 22.8 Å². The minimum Gasteiger partial charge on any atom is -0.481 e. The van der Waals surface area contributed by atoms with Gasteiger partial charge in [0, 0.05) is 12.5 Å². The van der Waals surface area contributed by atoms with E-state index in [0.29, 0.717) is 0 Å². The average Bonchev–Trinajstić information content (AvgIpc) is 2.78. The first kappa shape index (κ1) is 14.6. The van der Waals surface area contributed by atoms with Gasteiger partial charge in [-0.05, 0) is 25.5 Å². The Morgan fingerprint density at radius 2 is 2.28 bits per heavy atom. The number of thioether (sulfide) groups is 1. The summed E-state index contributed by atoms with van der Waals surface area (Å²) in [5.41, 5.74) is 0. The zero-order valence-electron chi connectivity index (χ0n) is 10.2. The second-order valence-corrected chi connectivity index (χ2v) is 4.96. The van der Waals surface area contributed by atoms with Crippen LogP contribution in [0.25, 0.3) is 0 Å². The summed E-state index contributed by atoms with van der Waals surface area (Å²) in [5.74, 6) is -0.00537. The fraction of sp³-hybridized carbons (Fsp3) is 0.500. The molecular weight excluding hydrogens is 254 g/mol. The highest BCUT2D eigenvalue weighted by atomic mass is 32.2. The molecule has 0 aliphatic carbocycles. The maximum Gasteiger partial charge on any atom is 0.313 e. The van der Waals surface area contributed by atoms with Crippen molar-refractivity contribution in [3.05, 3.63) is 24.2 Å². The molecule has 0 saturated carbocycles. The fourth-order valence-corrected chi connectivity index (χ4v) is 1.98. The van der Waals surface area contributed by atoms with Crippen molar-refractivity contribution in [2.45, 2.75) is 25.8 Å². The van der Waals surface area contributed by atoms with E-state index in [1.807, 2.05) is 19.1 Å². The number of aryl methyl sites for hydroxylation is 1. The predicted octanol–water partition coefficient (Wildman–Crippen LogP) is 1.53. The van der Waals surface area contributed by atoms with Gasteiger partial charge in [-0.3, -0.25) is 9.59 Å². The molecule has 1 amide bonds. The lowest BCUT2D eigenvalue weighted by atomic mass is 10.1. The van der Waals surface area contributed by atoms with E-state index in [1.165, 1.54) is 0 Å². The van der Waals surface area contributed by atoms with Crippen molar-refractivity contribution in [3.63, 3.8) is 0 Å². The monoisotopic (exact) mass is 271 g/mol. The molecule has 6 heteroatoms. The number of furan rings is 1. The van der Waals surface area contributed by atoms with Crippen molar-refractivity contribution in [2.75, 3.05) is 11.5 Å². The predicted molar refractivity (Wildman–Crippen MR) is 69.6 cm³/mol. The standard InChI is InChI=1S/C12H17NO4S/c1-9(4-5-10-3-2-6-17-10)13-11(14)7-18-8-12(15)16/h2-3,6,9H,4-5,7-8H2,1H3,(H,13,14)(H,15,16). The van der Waals surface area contributed by atoms with Crippen LogP contribution in [0, 0.1) is 0 Å². The third-order valence-electron chi connectivity index (χ3n) is 2.27. The number of hydrogen-bond acceptors (Lipinski definition) is 4. The summed E-state index contributed by atoms with van der Waals surface area (Å²) in [5, 5.41) is 11.3. The Morgan fingerprint density at radius 1 is 1.50 bits per heavy atom. The zero-order chi connectivity index (χ0) is 13.4. The number of carboxylic acid groups (broad SMARTS) is 1. The lowest BCUT2D eigenvalue weighted by molar-refractivity contribution is -0.133. The van der Waals surface area contributed by atoms with E-state index in [0.717, 1.165) is 30.4 Å². The van der Waals surface area contributed by atoms with Crippen LogP contribution in [0.4, 0.5) is 0 Å². The van der Waals surface area contributed by atoms with Gasteiger partial charge in [-0.2, -0.15) is 0 Å². The number of amides is 1. The minimum atomic E-state index is -0.904. The Balaban J connectivity index is 2.13. The molecule has 0 aromatic carbocycles. The summed E-state index contributed by atoms with van der Waals surface area (Å²) in [6.07, 6.45) is 3.20. The molecule has 0 aliphatic heterocycles. The summed E-state index contributed by atoms with van der Waals surface area (Å²) >= 11 is 1.10. The summed E-state index contributed by atoms with van der Waals surface area (Å²) in [6, 6.07) is 3.78. The van der Waals surface area contributed by atoms with E-state index in [1.54, 1.807) is 6.26 Å². The number of hydrogen-bond donors (Lipinski definition) is 2. The SMILES string of the molecule is CC(CCc1ccco1)NC(=O)CSCC(=O)O. The van der Waals surface area contributed by atoms with Gasteiger partial charge in [-0.15, -0.1) is 11.8 Å².